The van der Waals surface area contributed by atoms with E-state index in [1.54, 1.807) is 6.92 Å². The number of aromatic nitrogens is 2. The molecule has 1 heterocycles. The van der Waals surface area contributed by atoms with Crippen molar-refractivity contribution in [1.82, 2.24) is 9.97 Å². The van der Waals surface area contributed by atoms with E-state index in [1.165, 1.54) is 24.3 Å². The van der Waals surface area contributed by atoms with Crippen LogP contribution in [0, 0.1) is 11.6 Å². The van der Waals surface area contributed by atoms with Gasteiger partial charge in [-0.05, 0) is 31.2 Å². The molecule has 1 aromatic heterocycles. The van der Waals surface area contributed by atoms with Crippen LogP contribution < -0.4 is 15.4 Å². The van der Waals surface area contributed by atoms with Crippen LogP contribution in [0.5, 0.6) is 5.75 Å². The smallest absolute Gasteiger partial charge is 0.406 e. The van der Waals surface area contributed by atoms with E-state index >= 15 is 0 Å². The molecule has 0 spiro atoms. The second-order valence-corrected chi connectivity index (χ2v) is 6.49. The van der Waals surface area contributed by atoms with Gasteiger partial charge in [0.1, 0.15) is 28.9 Å². The number of benzene rings is 2. The Hall–Kier alpha value is -3.47. The Balaban J connectivity index is 2.03. The maximum absolute atomic E-state index is 14.0. The first-order valence-corrected chi connectivity index (χ1v) is 8.98. The zero-order valence-corrected chi connectivity index (χ0v) is 16.0. The normalized spacial score (nSPS) is 12.4. The molecule has 11 heteroatoms. The molecule has 3 rings (SSSR count). The molecule has 0 aliphatic heterocycles. The molecule has 2 aromatic carbocycles. The average molecular weight is 440 g/mol. The highest BCUT2D eigenvalue weighted by Crippen LogP contribution is 2.30. The van der Waals surface area contributed by atoms with Crippen LogP contribution in [0.4, 0.5) is 39.4 Å². The minimum absolute atomic E-state index is 0.0135. The molecule has 1 atom stereocenters. The summed E-state index contributed by atoms with van der Waals surface area (Å²) < 4.78 is 69.6. The predicted molar refractivity (Wildman–Crippen MR) is 104 cm³/mol. The summed E-state index contributed by atoms with van der Waals surface area (Å²) in [6.45, 7) is 1.38. The molecule has 0 saturated heterocycles. The number of hydrogen-bond donors (Lipinski definition) is 3. The lowest BCUT2D eigenvalue weighted by atomic mass is 10.1. The molecule has 164 valence electrons. The predicted octanol–water partition coefficient (Wildman–Crippen LogP) is 4.86. The molecule has 0 fully saturated rings. The third kappa shape index (κ3) is 6.01. The minimum atomic E-state index is -4.87. The number of ether oxygens (including phenoxy) is 1. The van der Waals surface area contributed by atoms with Crippen molar-refractivity contribution >= 4 is 17.5 Å². The topological polar surface area (TPSA) is 79.3 Å². The summed E-state index contributed by atoms with van der Waals surface area (Å²) in [5, 5.41) is 14.6. The summed E-state index contributed by atoms with van der Waals surface area (Å²) >= 11 is 0. The van der Waals surface area contributed by atoms with Gasteiger partial charge in [0, 0.05) is 17.7 Å². The molecule has 31 heavy (non-hydrogen) atoms. The van der Waals surface area contributed by atoms with Crippen LogP contribution in [0.15, 0.2) is 48.5 Å². The number of aliphatic hydroxyl groups excluding tert-OH is 1. The second-order valence-electron chi connectivity index (χ2n) is 6.49. The Morgan fingerprint density at radius 1 is 1.03 bits per heavy atom. The number of rotatable bonds is 7. The minimum Gasteiger partial charge on any atom is -0.406 e. The van der Waals surface area contributed by atoms with E-state index in [-0.39, 0.29) is 29.6 Å². The highest BCUT2D eigenvalue weighted by Gasteiger charge is 2.31. The first-order valence-electron chi connectivity index (χ1n) is 8.98. The van der Waals surface area contributed by atoms with Crippen molar-refractivity contribution in [3.05, 3.63) is 60.2 Å². The Morgan fingerprint density at radius 2 is 1.71 bits per heavy atom. The fourth-order valence-corrected chi connectivity index (χ4v) is 2.59. The third-order valence-electron chi connectivity index (χ3n) is 3.95. The summed E-state index contributed by atoms with van der Waals surface area (Å²) in [6.07, 6.45) is -4.87. The molecule has 0 aliphatic rings. The maximum atomic E-state index is 14.0. The van der Waals surface area contributed by atoms with E-state index in [2.05, 4.69) is 25.3 Å². The zero-order chi connectivity index (χ0) is 22.6. The summed E-state index contributed by atoms with van der Waals surface area (Å²) in [5.74, 6) is -2.22. The first-order chi connectivity index (χ1) is 14.6. The van der Waals surface area contributed by atoms with Crippen molar-refractivity contribution in [3.63, 3.8) is 0 Å². The van der Waals surface area contributed by atoms with Gasteiger partial charge in [-0.1, -0.05) is 18.2 Å². The molecule has 0 unspecified atom stereocenters. The number of halogens is 5. The van der Waals surface area contributed by atoms with E-state index in [0.29, 0.717) is 0 Å². The number of nitrogens with one attached hydrogen (secondary N) is 2. The van der Waals surface area contributed by atoms with Crippen LogP contribution in [0.2, 0.25) is 0 Å². The van der Waals surface area contributed by atoms with Gasteiger partial charge in [-0.2, -0.15) is 4.98 Å². The van der Waals surface area contributed by atoms with Gasteiger partial charge < -0.3 is 20.5 Å². The number of hydrogen-bond acceptors (Lipinski definition) is 6. The Kier molecular flexibility index (Phi) is 6.54. The lowest BCUT2D eigenvalue weighted by Crippen LogP contribution is -2.21. The van der Waals surface area contributed by atoms with Gasteiger partial charge in [0.05, 0.1) is 12.3 Å². The van der Waals surface area contributed by atoms with Gasteiger partial charge in [0.2, 0.25) is 5.95 Å². The largest absolute Gasteiger partial charge is 0.573 e. The van der Waals surface area contributed by atoms with Crippen LogP contribution in [-0.4, -0.2) is 34.1 Å². The quantitative estimate of drug-likeness (QED) is 0.456. The van der Waals surface area contributed by atoms with Crippen molar-refractivity contribution < 1.29 is 31.8 Å². The summed E-state index contributed by atoms with van der Waals surface area (Å²) in [5.41, 5.74) is -0.0714. The van der Waals surface area contributed by atoms with Gasteiger partial charge in [0.15, 0.2) is 0 Å². The average Bonchev–Trinajstić information content (AvgIpc) is 2.69. The summed E-state index contributed by atoms with van der Waals surface area (Å²) in [4.78, 5) is 8.34. The number of aliphatic hydroxyl groups is 1. The molecule has 3 N–H and O–H groups in total. The van der Waals surface area contributed by atoms with Crippen molar-refractivity contribution in [2.45, 2.75) is 19.3 Å². The van der Waals surface area contributed by atoms with Gasteiger partial charge in [-0.25, -0.2) is 13.8 Å². The molecule has 0 radical (unpaired) electrons. The molecular weight excluding hydrogens is 423 g/mol. The van der Waals surface area contributed by atoms with Crippen LogP contribution in [-0.2, 0) is 0 Å². The van der Waals surface area contributed by atoms with Gasteiger partial charge in [-0.15, -0.1) is 13.2 Å². The van der Waals surface area contributed by atoms with Crippen LogP contribution in [0.25, 0.3) is 11.3 Å². The monoisotopic (exact) mass is 440 g/mol. The lowest BCUT2D eigenvalue weighted by Gasteiger charge is -2.15. The molecule has 0 saturated carbocycles. The second kappa shape index (κ2) is 9.13. The number of alkyl halides is 3. The molecule has 6 nitrogen and oxygen atoms in total. The van der Waals surface area contributed by atoms with Crippen molar-refractivity contribution in [3.8, 4) is 17.0 Å². The number of para-hydroxylation sites is 1. The van der Waals surface area contributed by atoms with E-state index in [1.807, 2.05) is 0 Å². The van der Waals surface area contributed by atoms with E-state index in [4.69, 9.17) is 0 Å². The number of anilines is 3. The van der Waals surface area contributed by atoms with Gasteiger partial charge >= 0.3 is 6.36 Å². The van der Waals surface area contributed by atoms with Crippen molar-refractivity contribution in [2.24, 2.45) is 0 Å². The van der Waals surface area contributed by atoms with Crippen LogP contribution in [0.3, 0.4) is 0 Å². The molecule has 3 aromatic rings. The molecule has 0 aliphatic carbocycles. The van der Waals surface area contributed by atoms with E-state index < -0.39 is 35.5 Å². The Bertz CT molecular complexity index is 1040. The summed E-state index contributed by atoms with van der Waals surface area (Å²) in [7, 11) is 0. The standard InChI is InChI=1S/C20H17F5N4O2/c1-11(10-30)26-19-27-16(12-4-2-5-13(8-12)31-20(23,24)25)9-17(29-19)28-18-14(21)6-3-7-15(18)22/h2-9,11,30H,10H2,1H3,(H2,26,27,28,29)/t11-/m0/s1. The fourth-order valence-electron chi connectivity index (χ4n) is 2.59. The Labute approximate surface area is 173 Å². The SMILES string of the molecule is C[C@@H](CO)Nc1nc(Nc2c(F)cccc2F)cc(-c2cccc(OC(F)(F)F)c2)n1. The van der Waals surface area contributed by atoms with E-state index in [9.17, 15) is 27.1 Å². The Morgan fingerprint density at radius 3 is 2.35 bits per heavy atom. The molecule has 0 amide bonds. The maximum Gasteiger partial charge on any atom is 0.573 e. The third-order valence-corrected chi connectivity index (χ3v) is 3.95. The van der Waals surface area contributed by atoms with Gasteiger partial charge in [0.25, 0.3) is 0 Å². The van der Waals surface area contributed by atoms with Crippen LogP contribution in [0.1, 0.15) is 6.92 Å². The summed E-state index contributed by atoms with van der Waals surface area (Å²) in [6, 6.07) is 9.22. The van der Waals surface area contributed by atoms with Crippen molar-refractivity contribution in [1.29, 1.82) is 0 Å². The van der Waals surface area contributed by atoms with E-state index in [0.717, 1.165) is 24.3 Å². The highest BCUT2D eigenvalue weighted by atomic mass is 19.4. The first kappa shape index (κ1) is 22.2. The molecule has 0 bridgehead atoms. The van der Waals surface area contributed by atoms with Crippen molar-refractivity contribution in [2.75, 3.05) is 17.2 Å². The van der Waals surface area contributed by atoms with Crippen LogP contribution >= 0.6 is 0 Å². The number of nitrogens with zero attached hydrogens (tertiary/aromatic N) is 2. The highest BCUT2D eigenvalue weighted by molar-refractivity contribution is 5.68. The fraction of sp³-hybridized carbons (Fsp3) is 0.200. The molecular formula is C20H17F5N4O2. The zero-order valence-electron chi connectivity index (χ0n) is 16.0. The lowest BCUT2D eigenvalue weighted by molar-refractivity contribution is -0.274. The van der Waals surface area contributed by atoms with Gasteiger partial charge in [-0.3, -0.25) is 0 Å².